The number of rotatable bonds is 10. The third-order valence-corrected chi connectivity index (χ3v) is 6.76. The molecule has 1 N–H and O–H groups in total. The van der Waals surface area contributed by atoms with Crippen molar-refractivity contribution in [1.29, 1.82) is 0 Å². The van der Waals surface area contributed by atoms with E-state index < -0.39 is 6.04 Å². The minimum Gasteiger partial charge on any atom is -0.350 e. The fourth-order valence-electron chi connectivity index (χ4n) is 4.18. The highest BCUT2D eigenvalue weighted by atomic mass is 35.5. The summed E-state index contributed by atoms with van der Waals surface area (Å²) in [6.45, 7) is 0.526. The molecule has 0 heterocycles. The Kier molecular flexibility index (Phi) is 9.36. The molecule has 4 aromatic carbocycles. The molecule has 4 aromatic rings. The molecule has 6 heteroatoms. The van der Waals surface area contributed by atoms with Gasteiger partial charge in [0.25, 0.3) is 0 Å². The Morgan fingerprint density at radius 1 is 0.730 bits per heavy atom. The minimum absolute atomic E-state index is 0.111. The van der Waals surface area contributed by atoms with Crippen molar-refractivity contribution in [2.45, 2.75) is 32.0 Å². The molecule has 188 valence electrons. The number of carbonyl (C=O) groups excluding carboxylic acids is 2. The SMILES string of the molecule is O=C(NCc1ccccc1Cl)[C@H](c1ccccc1)N(Cc1ccc(Cl)cc1)C(=O)CCc1ccccc1. The molecule has 0 aliphatic carbocycles. The van der Waals surface area contributed by atoms with E-state index >= 15 is 0 Å². The van der Waals surface area contributed by atoms with E-state index in [0.29, 0.717) is 16.5 Å². The molecule has 0 aliphatic heterocycles. The van der Waals surface area contributed by atoms with Crippen LogP contribution in [0.25, 0.3) is 0 Å². The highest BCUT2D eigenvalue weighted by Crippen LogP contribution is 2.26. The van der Waals surface area contributed by atoms with E-state index in [9.17, 15) is 9.59 Å². The first kappa shape index (κ1) is 26.5. The van der Waals surface area contributed by atoms with Gasteiger partial charge in [-0.05, 0) is 46.9 Å². The Morgan fingerprint density at radius 3 is 2.03 bits per heavy atom. The van der Waals surface area contributed by atoms with Crippen molar-refractivity contribution in [3.05, 3.63) is 141 Å². The third-order valence-electron chi connectivity index (χ3n) is 6.14. The molecule has 0 saturated carbocycles. The van der Waals surface area contributed by atoms with Crippen LogP contribution in [-0.2, 0) is 29.1 Å². The van der Waals surface area contributed by atoms with E-state index in [2.05, 4.69) is 5.32 Å². The van der Waals surface area contributed by atoms with E-state index in [1.54, 1.807) is 23.1 Å². The zero-order valence-corrected chi connectivity index (χ0v) is 21.8. The average molecular weight is 531 g/mol. The molecule has 4 rings (SSSR count). The molecule has 0 bridgehead atoms. The largest absolute Gasteiger partial charge is 0.350 e. The Labute approximate surface area is 227 Å². The Bertz CT molecular complexity index is 1310. The molecule has 0 saturated heterocycles. The van der Waals surface area contributed by atoms with Crippen molar-refractivity contribution in [3.8, 4) is 0 Å². The monoisotopic (exact) mass is 530 g/mol. The van der Waals surface area contributed by atoms with Gasteiger partial charge < -0.3 is 10.2 Å². The van der Waals surface area contributed by atoms with Crippen molar-refractivity contribution < 1.29 is 9.59 Å². The summed E-state index contributed by atoms with van der Waals surface area (Å²) in [7, 11) is 0. The normalized spacial score (nSPS) is 11.5. The fourth-order valence-corrected chi connectivity index (χ4v) is 4.51. The van der Waals surface area contributed by atoms with Gasteiger partial charge in [-0.1, -0.05) is 114 Å². The van der Waals surface area contributed by atoms with Crippen molar-refractivity contribution in [2.75, 3.05) is 0 Å². The Hall–Kier alpha value is -3.60. The number of nitrogens with one attached hydrogen (secondary N) is 1. The summed E-state index contributed by atoms with van der Waals surface area (Å²) in [4.78, 5) is 29.1. The smallest absolute Gasteiger partial charge is 0.247 e. The number of benzene rings is 4. The van der Waals surface area contributed by atoms with Gasteiger partial charge in [-0.3, -0.25) is 9.59 Å². The van der Waals surface area contributed by atoms with Crippen LogP contribution in [0.1, 0.15) is 34.7 Å². The quantitative estimate of drug-likeness (QED) is 0.239. The van der Waals surface area contributed by atoms with Crippen LogP contribution in [0.2, 0.25) is 10.0 Å². The highest BCUT2D eigenvalue weighted by Gasteiger charge is 2.31. The first-order chi connectivity index (χ1) is 18.0. The third kappa shape index (κ3) is 7.45. The first-order valence-corrected chi connectivity index (χ1v) is 12.9. The first-order valence-electron chi connectivity index (χ1n) is 12.1. The van der Waals surface area contributed by atoms with Gasteiger partial charge >= 0.3 is 0 Å². The van der Waals surface area contributed by atoms with Gasteiger partial charge in [0.15, 0.2) is 0 Å². The number of amides is 2. The second-order valence-corrected chi connectivity index (χ2v) is 9.60. The summed E-state index contributed by atoms with van der Waals surface area (Å²) in [6.07, 6.45) is 0.859. The lowest BCUT2D eigenvalue weighted by atomic mass is 10.0. The summed E-state index contributed by atoms with van der Waals surface area (Å²) in [5.74, 6) is -0.381. The zero-order chi connectivity index (χ0) is 26.0. The summed E-state index contributed by atoms with van der Waals surface area (Å²) in [5, 5.41) is 4.20. The molecular formula is C31H28Cl2N2O2. The number of nitrogens with zero attached hydrogens (tertiary/aromatic N) is 1. The Balaban J connectivity index is 1.63. The molecule has 0 aromatic heterocycles. The summed E-state index contributed by atoms with van der Waals surface area (Å²) in [5.41, 5.74) is 3.50. The maximum Gasteiger partial charge on any atom is 0.247 e. The molecule has 0 aliphatic rings. The summed E-state index contributed by atoms with van der Waals surface area (Å²) in [6, 6.07) is 33.2. The number of hydrogen-bond acceptors (Lipinski definition) is 2. The van der Waals surface area contributed by atoms with Gasteiger partial charge in [0.2, 0.25) is 11.8 Å². The van der Waals surface area contributed by atoms with Crippen molar-refractivity contribution in [1.82, 2.24) is 10.2 Å². The minimum atomic E-state index is -0.817. The van der Waals surface area contributed by atoms with Crippen molar-refractivity contribution in [2.24, 2.45) is 0 Å². The summed E-state index contributed by atoms with van der Waals surface area (Å²) >= 11 is 12.4. The van der Waals surface area contributed by atoms with Crippen LogP contribution < -0.4 is 5.32 Å². The second kappa shape index (κ2) is 13.1. The maximum absolute atomic E-state index is 13.7. The van der Waals surface area contributed by atoms with Gasteiger partial charge in [0.05, 0.1) is 0 Å². The highest BCUT2D eigenvalue weighted by molar-refractivity contribution is 6.31. The second-order valence-electron chi connectivity index (χ2n) is 8.76. The predicted molar refractivity (Wildman–Crippen MR) is 149 cm³/mol. The topological polar surface area (TPSA) is 49.4 Å². The van der Waals surface area contributed by atoms with Crippen LogP contribution >= 0.6 is 23.2 Å². The van der Waals surface area contributed by atoms with Crippen LogP contribution in [-0.4, -0.2) is 16.7 Å². The lowest BCUT2D eigenvalue weighted by Crippen LogP contribution is -2.43. The van der Waals surface area contributed by atoms with Gasteiger partial charge in [-0.2, -0.15) is 0 Å². The molecule has 0 fully saturated rings. The predicted octanol–water partition coefficient (Wildman–Crippen LogP) is 7.01. The van der Waals surface area contributed by atoms with Gasteiger partial charge in [-0.15, -0.1) is 0 Å². The van der Waals surface area contributed by atoms with Crippen LogP contribution in [0.4, 0.5) is 0 Å². The van der Waals surface area contributed by atoms with Gasteiger partial charge in [0.1, 0.15) is 6.04 Å². The van der Waals surface area contributed by atoms with Crippen LogP contribution in [0.3, 0.4) is 0 Å². The van der Waals surface area contributed by atoms with E-state index in [0.717, 1.165) is 22.3 Å². The number of halogens is 2. The van der Waals surface area contributed by atoms with E-state index in [1.165, 1.54) is 0 Å². The molecular weight excluding hydrogens is 503 g/mol. The average Bonchev–Trinajstić information content (AvgIpc) is 2.93. The number of aryl methyl sites for hydroxylation is 1. The fraction of sp³-hybridized carbons (Fsp3) is 0.161. The molecule has 1 atom stereocenters. The molecule has 0 spiro atoms. The standard InChI is InChI=1S/C31H28Cl2N2O2/c32-27-18-15-24(16-19-27)22-35(29(36)20-17-23-9-3-1-4-10-23)30(25-11-5-2-6-12-25)31(37)34-21-26-13-7-8-14-28(26)33/h1-16,18-19,30H,17,20-22H2,(H,34,37)/t30-/m0/s1. The molecule has 0 radical (unpaired) electrons. The lowest BCUT2D eigenvalue weighted by Gasteiger charge is -2.32. The van der Waals surface area contributed by atoms with Crippen molar-refractivity contribution in [3.63, 3.8) is 0 Å². The van der Waals surface area contributed by atoms with Crippen LogP contribution in [0.15, 0.2) is 109 Å². The van der Waals surface area contributed by atoms with Crippen molar-refractivity contribution >= 4 is 35.0 Å². The van der Waals surface area contributed by atoms with Gasteiger partial charge in [-0.25, -0.2) is 0 Å². The molecule has 0 unspecified atom stereocenters. The van der Waals surface area contributed by atoms with Crippen LogP contribution in [0.5, 0.6) is 0 Å². The van der Waals surface area contributed by atoms with E-state index in [4.69, 9.17) is 23.2 Å². The number of carbonyl (C=O) groups is 2. The maximum atomic E-state index is 13.7. The van der Waals surface area contributed by atoms with Gasteiger partial charge in [0, 0.05) is 29.6 Å². The lowest BCUT2D eigenvalue weighted by molar-refractivity contribution is -0.141. The zero-order valence-electron chi connectivity index (χ0n) is 20.3. The summed E-state index contributed by atoms with van der Waals surface area (Å²) < 4.78 is 0. The number of hydrogen-bond donors (Lipinski definition) is 1. The van der Waals surface area contributed by atoms with E-state index in [1.807, 2.05) is 91.0 Å². The molecule has 2 amide bonds. The Morgan fingerprint density at radius 2 is 1.35 bits per heavy atom. The molecule has 37 heavy (non-hydrogen) atoms. The molecule has 4 nitrogen and oxygen atoms in total. The van der Waals surface area contributed by atoms with E-state index in [-0.39, 0.29) is 31.3 Å². The van der Waals surface area contributed by atoms with Crippen LogP contribution in [0, 0.1) is 0 Å².